The minimum Gasteiger partial charge on any atom is -0.389 e. The van der Waals surface area contributed by atoms with Gasteiger partial charge in [0.05, 0.1) is 37.9 Å². The van der Waals surface area contributed by atoms with Gasteiger partial charge in [-0.3, -0.25) is 9.69 Å². The van der Waals surface area contributed by atoms with Crippen LogP contribution in [0.15, 0.2) is 42.5 Å². The number of nitrogens with zero attached hydrogens (tertiary/aromatic N) is 1. The van der Waals surface area contributed by atoms with Crippen LogP contribution in [0, 0.1) is 11.6 Å². The molecule has 184 valence electrons. The average Bonchev–Trinajstić information content (AvgIpc) is 2.80. The highest BCUT2D eigenvalue weighted by molar-refractivity contribution is 6.30. The molecule has 2 heterocycles. The molecule has 0 spiro atoms. The molecule has 9 heteroatoms. The van der Waals surface area contributed by atoms with Gasteiger partial charge in [0.15, 0.2) is 0 Å². The molecule has 4 rings (SSSR count). The molecule has 2 aromatic carbocycles. The van der Waals surface area contributed by atoms with Gasteiger partial charge in [0, 0.05) is 36.3 Å². The zero-order valence-electron chi connectivity index (χ0n) is 18.8. The Bertz CT molecular complexity index is 978. The summed E-state index contributed by atoms with van der Waals surface area (Å²) >= 11 is 5.89. The Kier molecular flexibility index (Phi) is 8.50. The third-order valence-corrected chi connectivity index (χ3v) is 6.54. The molecule has 0 saturated carbocycles. The highest BCUT2D eigenvalue weighted by atomic mass is 35.5. The maximum absolute atomic E-state index is 14.3. The van der Waals surface area contributed by atoms with Crippen LogP contribution in [0.3, 0.4) is 0 Å². The molecule has 4 atom stereocenters. The fourth-order valence-electron chi connectivity index (χ4n) is 4.59. The number of aliphatic hydroxyl groups is 1. The molecular weight excluding hydrogens is 466 g/mol. The average molecular weight is 495 g/mol. The van der Waals surface area contributed by atoms with E-state index in [1.54, 1.807) is 12.1 Å². The summed E-state index contributed by atoms with van der Waals surface area (Å²) in [6, 6.07) is 10.5. The number of halogens is 3. The van der Waals surface area contributed by atoms with Crippen molar-refractivity contribution >= 4 is 17.5 Å². The predicted molar refractivity (Wildman–Crippen MR) is 123 cm³/mol. The molecule has 2 N–H and O–H groups in total. The SMILES string of the molecule is O=C(C[C@H]1CC[C@@H]2[C@H](COC[C@H](O)CN2Cc2cc(F)ccc2F)O1)NCc1ccc(Cl)cc1. The Labute approximate surface area is 202 Å². The first-order valence-electron chi connectivity index (χ1n) is 11.5. The zero-order valence-corrected chi connectivity index (χ0v) is 19.5. The molecule has 2 aromatic rings. The number of ether oxygens (including phenoxy) is 2. The number of β-amino-alcohol motifs (C(OH)–C–C–N with tert-alkyl or cyclic N) is 1. The molecule has 0 aromatic heterocycles. The van der Waals surface area contributed by atoms with Crippen molar-refractivity contribution in [2.45, 2.75) is 56.7 Å². The summed E-state index contributed by atoms with van der Waals surface area (Å²) in [6.07, 6.45) is 0.187. The fraction of sp³-hybridized carbons (Fsp3) is 0.480. The van der Waals surface area contributed by atoms with Crippen molar-refractivity contribution in [2.75, 3.05) is 19.8 Å². The normalized spacial score (nSPS) is 25.8. The number of hydrogen-bond donors (Lipinski definition) is 2. The first-order valence-corrected chi connectivity index (χ1v) is 11.9. The summed E-state index contributed by atoms with van der Waals surface area (Å²) in [4.78, 5) is 14.4. The zero-order chi connectivity index (χ0) is 24.1. The second kappa shape index (κ2) is 11.6. The summed E-state index contributed by atoms with van der Waals surface area (Å²) < 4.78 is 39.8. The minimum atomic E-state index is -0.742. The van der Waals surface area contributed by atoms with Gasteiger partial charge in [0.1, 0.15) is 11.6 Å². The molecule has 0 aliphatic carbocycles. The Morgan fingerprint density at radius 3 is 2.74 bits per heavy atom. The van der Waals surface area contributed by atoms with E-state index in [2.05, 4.69) is 5.32 Å². The Morgan fingerprint density at radius 2 is 1.94 bits per heavy atom. The van der Waals surface area contributed by atoms with Crippen LogP contribution in [0.25, 0.3) is 0 Å². The van der Waals surface area contributed by atoms with E-state index < -0.39 is 17.7 Å². The van der Waals surface area contributed by atoms with Crippen LogP contribution in [0.2, 0.25) is 5.02 Å². The second-order valence-corrected chi connectivity index (χ2v) is 9.34. The number of fused-ring (bicyclic) bond motifs is 1. The highest BCUT2D eigenvalue weighted by Gasteiger charge is 2.38. The lowest BCUT2D eigenvalue weighted by Crippen LogP contribution is -2.55. The van der Waals surface area contributed by atoms with Crippen LogP contribution in [0.4, 0.5) is 8.78 Å². The number of benzene rings is 2. The van der Waals surface area contributed by atoms with Crippen molar-refractivity contribution in [3.05, 3.63) is 70.2 Å². The van der Waals surface area contributed by atoms with E-state index in [0.29, 0.717) is 24.4 Å². The van der Waals surface area contributed by atoms with Gasteiger partial charge in [-0.25, -0.2) is 8.78 Å². The quantitative estimate of drug-likeness (QED) is 0.644. The molecule has 2 aliphatic rings. The lowest BCUT2D eigenvalue weighted by atomic mass is 9.94. The van der Waals surface area contributed by atoms with E-state index in [9.17, 15) is 18.7 Å². The van der Waals surface area contributed by atoms with Crippen molar-refractivity contribution in [2.24, 2.45) is 0 Å². The summed E-state index contributed by atoms with van der Waals surface area (Å²) in [5.74, 6) is -1.11. The van der Waals surface area contributed by atoms with Crippen LogP contribution >= 0.6 is 11.6 Å². The van der Waals surface area contributed by atoms with Crippen molar-refractivity contribution in [1.82, 2.24) is 10.2 Å². The third-order valence-electron chi connectivity index (χ3n) is 6.28. The van der Waals surface area contributed by atoms with E-state index in [0.717, 1.165) is 17.7 Å². The van der Waals surface area contributed by atoms with Crippen LogP contribution in [-0.4, -0.2) is 60.0 Å². The van der Waals surface area contributed by atoms with Crippen molar-refractivity contribution in [1.29, 1.82) is 0 Å². The monoisotopic (exact) mass is 494 g/mol. The molecule has 2 fully saturated rings. The molecule has 6 nitrogen and oxygen atoms in total. The summed E-state index contributed by atoms with van der Waals surface area (Å²) in [5, 5.41) is 13.8. The molecule has 0 unspecified atom stereocenters. The van der Waals surface area contributed by atoms with Gasteiger partial charge < -0.3 is 19.9 Å². The summed E-state index contributed by atoms with van der Waals surface area (Å²) in [7, 11) is 0. The van der Waals surface area contributed by atoms with Crippen molar-refractivity contribution in [3.63, 3.8) is 0 Å². The number of rotatable bonds is 6. The molecule has 0 radical (unpaired) electrons. The van der Waals surface area contributed by atoms with Crippen LogP contribution in [-0.2, 0) is 27.4 Å². The third kappa shape index (κ3) is 6.73. The maximum atomic E-state index is 14.3. The van der Waals surface area contributed by atoms with E-state index >= 15 is 0 Å². The van der Waals surface area contributed by atoms with Gasteiger partial charge in [-0.2, -0.15) is 0 Å². The number of hydrogen-bond acceptors (Lipinski definition) is 5. The standard InChI is InChI=1S/C25H29ClF2N2O4/c26-18-3-1-16(2-4-18)11-29-25(32)10-21-6-8-23-24(34-21)15-33-14-20(31)13-30(23)12-17-9-19(27)5-7-22(17)28/h1-5,7,9,20-21,23-24,31H,6,8,10-15H2,(H,29,32)/t20-,21-,23-,24+/m1/s1. The van der Waals surface area contributed by atoms with Crippen molar-refractivity contribution in [3.8, 4) is 0 Å². The first-order chi connectivity index (χ1) is 16.4. The van der Waals surface area contributed by atoms with E-state index in [1.807, 2.05) is 17.0 Å². The minimum absolute atomic E-state index is 0.112. The predicted octanol–water partition coefficient (Wildman–Crippen LogP) is 3.43. The van der Waals surface area contributed by atoms with E-state index in [1.165, 1.54) is 6.07 Å². The Morgan fingerprint density at radius 1 is 1.15 bits per heavy atom. The molecule has 34 heavy (non-hydrogen) atoms. The summed E-state index contributed by atoms with van der Waals surface area (Å²) in [6.45, 7) is 1.20. The molecule has 2 saturated heterocycles. The van der Waals surface area contributed by atoms with Gasteiger partial charge in [-0.1, -0.05) is 23.7 Å². The number of carbonyl (C=O) groups is 1. The molecule has 2 aliphatic heterocycles. The Hall–Kier alpha value is -2.10. The van der Waals surface area contributed by atoms with E-state index in [-0.39, 0.29) is 62.4 Å². The maximum Gasteiger partial charge on any atom is 0.222 e. The molecule has 0 bridgehead atoms. The van der Waals surface area contributed by atoms with Gasteiger partial charge in [-0.05, 0) is 48.7 Å². The topological polar surface area (TPSA) is 71.0 Å². The van der Waals surface area contributed by atoms with Gasteiger partial charge >= 0.3 is 0 Å². The van der Waals surface area contributed by atoms with Crippen LogP contribution in [0.1, 0.15) is 30.4 Å². The summed E-state index contributed by atoms with van der Waals surface area (Å²) in [5.41, 5.74) is 1.19. The lowest BCUT2D eigenvalue weighted by molar-refractivity contribution is -0.158. The molecular formula is C25H29ClF2N2O4. The number of carbonyl (C=O) groups excluding carboxylic acids is 1. The number of aliphatic hydroxyl groups excluding tert-OH is 1. The lowest BCUT2D eigenvalue weighted by Gasteiger charge is -2.44. The molecule has 1 amide bonds. The number of nitrogens with one attached hydrogen (secondary N) is 1. The number of amides is 1. The van der Waals surface area contributed by atoms with Crippen LogP contribution < -0.4 is 5.32 Å². The van der Waals surface area contributed by atoms with Gasteiger partial charge in [0.25, 0.3) is 0 Å². The highest BCUT2D eigenvalue weighted by Crippen LogP contribution is 2.29. The Balaban J connectivity index is 1.36. The second-order valence-electron chi connectivity index (χ2n) is 8.91. The smallest absolute Gasteiger partial charge is 0.222 e. The largest absolute Gasteiger partial charge is 0.389 e. The van der Waals surface area contributed by atoms with Crippen LogP contribution in [0.5, 0.6) is 0 Å². The van der Waals surface area contributed by atoms with Gasteiger partial charge in [-0.15, -0.1) is 0 Å². The van der Waals surface area contributed by atoms with E-state index in [4.69, 9.17) is 21.1 Å². The first kappa shape index (κ1) is 25.0. The fourth-order valence-corrected chi connectivity index (χ4v) is 4.72. The van der Waals surface area contributed by atoms with Crippen molar-refractivity contribution < 1.29 is 28.2 Å². The van der Waals surface area contributed by atoms with Gasteiger partial charge in [0.2, 0.25) is 5.91 Å².